The molecular formula is C61H70Cl4OSiZr2. The second-order valence-corrected chi connectivity index (χ2v) is 31.3. The molecule has 0 saturated heterocycles. The van der Waals surface area contributed by atoms with E-state index in [0.717, 1.165) is 13.0 Å². The van der Waals surface area contributed by atoms with Gasteiger partial charge in [-0.15, -0.1) is 39.2 Å². The van der Waals surface area contributed by atoms with E-state index in [1.54, 1.807) is 21.5 Å². The molecule has 0 saturated carbocycles. The Morgan fingerprint density at radius 3 is 1.61 bits per heavy atom. The predicted octanol–water partition coefficient (Wildman–Crippen LogP) is 16.0. The first-order valence-electron chi connectivity index (χ1n) is 24.7. The Morgan fingerprint density at radius 1 is 0.580 bits per heavy atom. The first kappa shape index (κ1) is 56.2. The first-order valence-corrected chi connectivity index (χ1v) is 39.3. The van der Waals surface area contributed by atoms with Crippen molar-refractivity contribution in [3.05, 3.63) is 190 Å². The Bertz CT molecular complexity index is 2700. The molecule has 0 atom stereocenters. The molecule has 360 valence electrons. The van der Waals surface area contributed by atoms with Gasteiger partial charge in [0, 0.05) is 6.61 Å². The number of unbranched alkanes of at least 4 members (excludes halogenated alkanes) is 3. The fourth-order valence-electron chi connectivity index (χ4n) is 11.1. The van der Waals surface area contributed by atoms with Gasteiger partial charge < -0.3 is 4.74 Å². The van der Waals surface area contributed by atoms with Crippen LogP contribution in [0.3, 0.4) is 0 Å². The summed E-state index contributed by atoms with van der Waals surface area (Å²) in [5.41, 5.74) is 13.5. The van der Waals surface area contributed by atoms with E-state index in [9.17, 15) is 0 Å². The van der Waals surface area contributed by atoms with Crippen LogP contribution in [-0.4, -0.2) is 20.3 Å². The molecule has 0 spiro atoms. The van der Waals surface area contributed by atoms with Crippen molar-refractivity contribution in [1.82, 2.24) is 0 Å². The van der Waals surface area contributed by atoms with Gasteiger partial charge in [0.05, 0.1) is 13.7 Å². The number of rotatable bonds is 13. The number of aryl methyl sites for hydroxylation is 2. The van der Waals surface area contributed by atoms with Gasteiger partial charge in [-0.25, -0.2) is 12.1 Å². The van der Waals surface area contributed by atoms with Crippen LogP contribution in [0.5, 0.6) is 0 Å². The van der Waals surface area contributed by atoms with E-state index in [0.29, 0.717) is 0 Å². The standard InChI is InChI=1S/C31H38O.C30H32Si.4ClH.2Zr/c1-30(2,3)32-21-13-7-6-8-14-23-19-20-24(22-23)31(4,5)29-27-17-11-9-15-25(27)26-16-10-12-18-28(26)29;1-21-22(2)24(4)30(23(21)3)31(26-14-7-5-8-15-26,27-16-9-6-10-17-27)29-20-19-25-13-11-12-18-28(25)29;;;;;;/h9-12,15-20,22H,6-8,13-14,21H2,1-5H3;5-10,14-17,19-20H,11-13,18H2,1-4H3;4*1H;;/q2*-2;;;;;2*+4/p-4. The molecule has 8 heteroatoms. The summed E-state index contributed by atoms with van der Waals surface area (Å²) < 4.78 is 5.83. The molecule has 1 aliphatic rings. The molecule has 8 aromatic carbocycles. The molecule has 0 aromatic heterocycles. The number of fused-ring (bicyclic) bond motifs is 4. The average molecular weight is 1170 g/mol. The minimum absolute atomic E-state index is 0.0170. The molecule has 1 nitrogen and oxygen atoms in total. The summed E-state index contributed by atoms with van der Waals surface area (Å²) in [6.45, 7) is 21.4. The van der Waals surface area contributed by atoms with Crippen LogP contribution in [0.2, 0.25) is 0 Å². The number of hydrogen-bond acceptors (Lipinski definition) is 1. The molecule has 69 heavy (non-hydrogen) atoms. The summed E-state index contributed by atoms with van der Waals surface area (Å²) in [6, 6.07) is 52.7. The van der Waals surface area contributed by atoms with Crippen LogP contribution < -0.4 is 20.7 Å². The monoisotopic (exact) mass is 1170 g/mol. The molecule has 9 rings (SSSR count). The first-order chi connectivity index (χ1) is 33.2. The fraction of sp³-hybridized carbons (Fsp3) is 0.344. The van der Waals surface area contributed by atoms with Crippen LogP contribution in [0.1, 0.15) is 123 Å². The van der Waals surface area contributed by atoms with Crippen LogP contribution in [0.25, 0.3) is 21.5 Å². The molecule has 0 unspecified atom stereocenters. The van der Waals surface area contributed by atoms with Gasteiger partial charge in [0.2, 0.25) is 0 Å². The Kier molecular flexibility index (Phi) is 21.4. The summed E-state index contributed by atoms with van der Waals surface area (Å²) in [6.07, 6.45) is 11.2. The van der Waals surface area contributed by atoms with Crippen LogP contribution in [0, 0.1) is 27.7 Å². The van der Waals surface area contributed by atoms with E-state index in [1.165, 1.54) is 122 Å². The third kappa shape index (κ3) is 13.0. The average Bonchev–Trinajstić information content (AvgIpc) is 4.13. The zero-order chi connectivity index (χ0) is 49.8. The molecule has 8 aromatic rings. The SMILES string of the molecule is CC(C)(C)OCCCCCCc1cc[c-](C(C)(C)[c-]2c3ccccc3c3ccccc32)c1.Cc1c(C)c(C)[c-]([Si](c2ccccc2)(c2ccccc2)[c-]2ccc3c2CCCC3)c1C.[Cl][Zr+2][Cl].[Cl][Zr+2][Cl]. The molecule has 0 radical (unpaired) electrons. The molecule has 0 N–H and O–H groups in total. The third-order valence-corrected chi connectivity index (χ3v) is 19.8. The van der Waals surface area contributed by atoms with E-state index >= 15 is 0 Å². The van der Waals surface area contributed by atoms with E-state index in [-0.39, 0.29) is 11.0 Å². The van der Waals surface area contributed by atoms with Gasteiger partial charge in [-0.1, -0.05) is 206 Å². The number of ether oxygens (including phenoxy) is 1. The summed E-state index contributed by atoms with van der Waals surface area (Å²) in [7, 11) is 17.3. The van der Waals surface area contributed by atoms with Gasteiger partial charge in [0.1, 0.15) is 0 Å². The van der Waals surface area contributed by atoms with Crippen LogP contribution in [-0.2, 0) is 71.1 Å². The summed E-state index contributed by atoms with van der Waals surface area (Å²) in [5, 5.41) is 11.8. The Balaban J connectivity index is 0.000000204. The van der Waals surface area contributed by atoms with Gasteiger partial charge in [-0.3, -0.25) is 0 Å². The van der Waals surface area contributed by atoms with Crippen LogP contribution in [0.4, 0.5) is 0 Å². The van der Waals surface area contributed by atoms with Crippen molar-refractivity contribution in [2.24, 2.45) is 0 Å². The topological polar surface area (TPSA) is 9.23 Å². The Hall–Kier alpha value is -2.10. The maximum atomic E-state index is 5.83. The van der Waals surface area contributed by atoms with Crippen molar-refractivity contribution in [3.63, 3.8) is 0 Å². The van der Waals surface area contributed by atoms with Crippen LogP contribution >= 0.6 is 34.1 Å². The second-order valence-electron chi connectivity index (χ2n) is 20.2. The van der Waals surface area contributed by atoms with Crippen LogP contribution in [0.15, 0.2) is 140 Å². The summed E-state index contributed by atoms with van der Waals surface area (Å²) in [4.78, 5) is 0. The molecule has 0 amide bonds. The van der Waals surface area contributed by atoms with Gasteiger partial charge in [0.25, 0.3) is 0 Å². The van der Waals surface area contributed by atoms with Gasteiger partial charge in [-0.05, 0) is 27.2 Å². The number of benzene rings is 4. The molecule has 0 aliphatic heterocycles. The van der Waals surface area contributed by atoms with Crippen molar-refractivity contribution in [1.29, 1.82) is 0 Å². The number of halogens is 4. The fourth-order valence-corrected chi connectivity index (χ4v) is 16.9. The molecule has 0 fully saturated rings. The Morgan fingerprint density at radius 2 is 1.07 bits per heavy atom. The maximum absolute atomic E-state index is 5.83. The Labute approximate surface area is 453 Å². The molecule has 1 aliphatic carbocycles. The molecule has 0 heterocycles. The van der Waals surface area contributed by atoms with Gasteiger partial charge in [-0.2, -0.15) is 73.1 Å². The van der Waals surface area contributed by atoms with Crippen molar-refractivity contribution in [2.45, 2.75) is 131 Å². The van der Waals surface area contributed by atoms with E-state index in [2.05, 4.69) is 202 Å². The zero-order valence-corrected chi connectivity index (χ0v) is 51.2. The summed E-state index contributed by atoms with van der Waals surface area (Å²) >= 11 is -1.65. The van der Waals surface area contributed by atoms with Gasteiger partial charge >= 0.3 is 75.7 Å². The minimum atomic E-state index is -2.43. The van der Waals surface area contributed by atoms with Crippen molar-refractivity contribution < 1.29 is 46.4 Å². The van der Waals surface area contributed by atoms with E-state index in [4.69, 9.17) is 38.8 Å². The predicted molar refractivity (Wildman–Crippen MR) is 299 cm³/mol. The van der Waals surface area contributed by atoms with Crippen molar-refractivity contribution >= 4 is 84.4 Å². The van der Waals surface area contributed by atoms with Crippen molar-refractivity contribution in [2.75, 3.05) is 6.61 Å². The molecular weight excluding hydrogens is 1100 g/mol. The molecule has 0 bridgehead atoms. The van der Waals surface area contributed by atoms with Gasteiger partial charge in [0.15, 0.2) is 0 Å². The number of hydrogen-bond donors (Lipinski definition) is 0. The van der Waals surface area contributed by atoms with Crippen molar-refractivity contribution in [3.8, 4) is 0 Å². The van der Waals surface area contributed by atoms with E-state index in [1.807, 2.05) is 0 Å². The summed E-state index contributed by atoms with van der Waals surface area (Å²) in [5.74, 6) is 0. The second kappa shape index (κ2) is 26.2. The third-order valence-electron chi connectivity index (χ3n) is 14.7. The van der Waals surface area contributed by atoms with E-state index < -0.39 is 49.8 Å². The normalized spacial score (nSPS) is 12.5. The zero-order valence-electron chi connectivity index (χ0n) is 42.3. The quantitative estimate of drug-likeness (QED) is 0.0635.